The lowest BCUT2D eigenvalue weighted by Crippen LogP contribution is -2.35. The van der Waals surface area contributed by atoms with Crippen LogP contribution in [0, 0.1) is 0 Å². The zero-order chi connectivity index (χ0) is 10.8. The molecule has 0 aliphatic carbocycles. The van der Waals surface area contributed by atoms with Crippen molar-refractivity contribution in [2.24, 2.45) is 0 Å². The van der Waals surface area contributed by atoms with Crippen molar-refractivity contribution in [3.05, 3.63) is 0 Å². The lowest BCUT2D eigenvalue weighted by atomic mass is 10.1. The number of carbonyl (C=O) groups excluding carboxylic acids is 1. The molecule has 6 heteroatoms. The van der Waals surface area contributed by atoms with E-state index in [1.807, 2.05) is 0 Å². The summed E-state index contributed by atoms with van der Waals surface area (Å²) in [6.07, 6.45) is -3.44. The largest absolute Gasteiger partial charge is 0.454 e. The summed E-state index contributed by atoms with van der Waals surface area (Å²) < 4.78 is 21.4. The van der Waals surface area contributed by atoms with Gasteiger partial charge in [-0.25, -0.2) is 4.79 Å². The minimum Gasteiger partial charge on any atom is -0.454 e. The van der Waals surface area contributed by atoms with Gasteiger partial charge in [-0.3, -0.25) is 0 Å². The van der Waals surface area contributed by atoms with Gasteiger partial charge in [0.15, 0.2) is 30.4 Å². The van der Waals surface area contributed by atoms with Crippen LogP contribution in [0.1, 0.15) is 13.8 Å². The highest BCUT2D eigenvalue weighted by molar-refractivity contribution is 5.78. The second-order valence-corrected chi connectivity index (χ2v) is 4.42. The summed E-state index contributed by atoms with van der Waals surface area (Å²) >= 11 is 0. The SMILES string of the molecule is CC1(C)OC2[C@H](O[C@@H]3[C@H](O)C(=O)O[C@@H]23)O1. The molecule has 3 aliphatic heterocycles. The van der Waals surface area contributed by atoms with Crippen molar-refractivity contribution in [3.8, 4) is 0 Å². The van der Waals surface area contributed by atoms with Gasteiger partial charge in [0.05, 0.1) is 0 Å². The summed E-state index contributed by atoms with van der Waals surface area (Å²) in [7, 11) is 0. The second kappa shape index (κ2) is 2.70. The van der Waals surface area contributed by atoms with Crippen molar-refractivity contribution >= 4 is 5.97 Å². The van der Waals surface area contributed by atoms with E-state index in [0.29, 0.717) is 0 Å². The molecule has 0 radical (unpaired) electrons. The van der Waals surface area contributed by atoms with Gasteiger partial charge < -0.3 is 24.1 Å². The smallest absolute Gasteiger partial charge is 0.338 e. The highest BCUT2D eigenvalue weighted by Crippen LogP contribution is 2.42. The third-order valence-electron chi connectivity index (χ3n) is 2.83. The Kier molecular flexibility index (Phi) is 1.72. The van der Waals surface area contributed by atoms with Crippen molar-refractivity contribution < 1.29 is 28.8 Å². The van der Waals surface area contributed by atoms with E-state index in [-0.39, 0.29) is 0 Å². The fourth-order valence-corrected chi connectivity index (χ4v) is 2.23. The number of aliphatic hydroxyl groups is 1. The topological polar surface area (TPSA) is 74.2 Å². The molecule has 0 bridgehead atoms. The van der Waals surface area contributed by atoms with E-state index in [1.165, 1.54) is 0 Å². The highest BCUT2D eigenvalue weighted by atomic mass is 16.8. The van der Waals surface area contributed by atoms with Crippen LogP contribution in [-0.4, -0.2) is 47.6 Å². The average Bonchev–Trinajstić information content (AvgIpc) is 2.66. The summed E-state index contributed by atoms with van der Waals surface area (Å²) in [5.41, 5.74) is 0. The van der Waals surface area contributed by atoms with Crippen molar-refractivity contribution in [2.45, 2.75) is 50.3 Å². The van der Waals surface area contributed by atoms with Crippen molar-refractivity contribution in [3.63, 3.8) is 0 Å². The summed E-state index contributed by atoms with van der Waals surface area (Å²) in [6.45, 7) is 3.52. The standard InChI is InChI=1S/C9H12O6/c1-9(2)14-6-5-4(13-8(6)15-9)3(10)7(11)12-5/h3-6,8,10H,1-2H3/t3-,4+,5+,6?,8+/m0/s1. The Labute approximate surface area is 86.1 Å². The molecule has 0 saturated carbocycles. The Balaban J connectivity index is 1.83. The average molecular weight is 216 g/mol. The number of esters is 1. The highest BCUT2D eigenvalue weighted by Gasteiger charge is 2.62. The molecule has 84 valence electrons. The van der Waals surface area contributed by atoms with E-state index in [2.05, 4.69) is 0 Å². The molecule has 6 nitrogen and oxygen atoms in total. The molecule has 0 amide bonds. The Hall–Kier alpha value is -0.690. The lowest BCUT2D eigenvalue weighted by Gasteiger charge is -2.20. The number of fused-ring (bicyclic) bond motifs is 3. The first-order chi connectivity index (χ1) is 6.98. The van der Waals surface area contributed by atoms with Crippen LogP contribution in [0.15, 0.2) is 0 Å². The van der Waals surface area contributed by atoms with Crippen LogP contribution >= 0.6 is 0 Å². The molecule has 1 unspecified atom stereocenters. The number of hydrogen-bond acceptors (Lipinski definition) is 6. The Morgan fingerprint density at radius 1 is 1.20 bits per heavy atom. The number of carbonyl (C=O) groups is 1. The van der Waals surface area contributed by atoms with E-state index in [1.54, 1.807) is 13.8 Å². The van der Waals surface area contributed by atoms with Gasteiger partial charge >= 0.3 is 5.97 Å². The summed E-state index contributed by atoms with van der Waals surface area (Å²) in [5.74, 6) is -1.39. The number of ether oxygens (including phenoxy) is 4. The third-order valence-corrected chi connectivity index (χ3v) is 2.83. The van der Waals surface area contributed by atoms with Gasteiger partial charge in [0.1, 0.15) is 6.10 Å². The van der Waals surface area contributed by atoms with Gasteiger partial charge in [-0.2, -0.15) is 0 Å². The number of aliphatic hydroxyl groups excluding tert-OH is 1. The number of hydrogen-bond donors (Lipinski definition) is 1. The molecule has 0 aromatic rings. The predicted octanol–water partition coefficient (Wildman–Crippen LogP) is -0.851. The Bertz CT molecular complexity index is 314. The van der Waals surface area contributed by atoms with Gasteiger partial charge in [0.2, 0.25) is 0 Å². The predicted molar refractivity (Wildman–Crippen MR) is 44.6 cm³/mol. The molecule has 3 aliphatic rings. The molecule has 1 N–H and O–H groups in total. The maximum absolute atomic E-state index is 11.1. The lowest BCUT2D eigenvalue weighted by molar-refractivity contribution is -0.214. The normalized spacial score (nSPS) is 51.4. The molecule has 3 saturated heterocycles. The minimum absolute atomic E-state index is 0.439. The van der Waals surface area contributed by atoms with Gasteiger partial charge in [-0.1, -0.05) is 0 Å². The first kappa shape index (κ1) is 9.53. The maximum Gasteiger partial charge on any atom is 0.338 e. The van der Waals surface area contributed by atoms with E-state index >= 15 is 0 Å². The molecule has 3 fully saturated rings. The van der Waals surface area contributed by atoms with E-state index in [0.717, 1.165) is 0 Å². The minimum atomic E-state index is -1.23. The molecular weight excluding hydrogens is 204 g/mol. The summed E-state index contributed by atoms with van der Waals surface area (Å²) in [6, 6.07) is 0. The third kappa shape index (κ3) is 1.22. The fourth-order valence-electron chi connectivity index (χ4n) is 2.23. The molecule has 5 atom stereocenters. The summed E-state index contributed by atoms with van der Waals surface area (Å²) in [4.78, 5) is 11.1. The molecule has 3 rings (SSSR count). The van der Waals surface area contributed by atoms with E-state index in [4.69, 9.17) is 18.9 Å². The fraction of sp³-hybridized carbons (Fsp3) is 0.889. The van der Waals surface area contributed by atoms with Crippen LogP contribution in [0.5, 0.6) is 0 Å². The molecule has 0 aromatic heterocycles. The Morgan fingerprint density at radius 3 is 2.67 bits per heavy atom. The molecule has 3 heterocycles. The molecule has 0 spiro atoms. The zero-order valence-electron chi connectivity index (χ0n) is 8.38. The maximum atomic E-state index is 11.1. The number of rotatable bonds is 0. The molecular formula is C9H12O6. The van der Waals surface area contributed by atoms with Crippen LogP contribution in [0.4, 0.5) is 0 Å². The zero-order valence-corrected chi connectivity index (χ0v) is 8.38. The van der Waals surface area contributed by atoms with Crippen LogP contribution in [0.2, 0.25) is 0 Å². The van der Waals surface area contributed by atoms with Gasteiger partial charge in [-0.05, 0) is 13.8 Å². The first-order valence-electron chi connectivity index (χ1n) is 4.88. The Morgan fingerprint density at radius 2 is 1.93 bits per heavy atom. The van der Waals surface area contributed by atoms with Crippen molar-refractivity contribution in [1.82, 2.24) is 0 Å². The summed E-state index contributed by atoms with van der Waals surface area (Å²) in [5, 5.41) is 9.44. The monoisotopic (exact) mass is 216 g/mol. The quantitative estimate of drug-likeness (QED) is 0.532. The van der Waals surface area contributed by atoms with Gasteiger partial charge in [-0.15, -0.1) is 0 Å². The van der Waals surface area contributed by atoms with Crippen LogP contribution in [0.3, 0.4) is 0 Å². The molecule has 15 heavy (non-hydrogen) atoms. The van der Waals surface area contributed by atoms with E-state index < -0.39 is 42.5 Å². The van der Waals surface area contributed by atoms with Gasteiger partial charge in [0, 0.05) is 0 Å². The van der Waals surface area contributed by atoms with Gasteiger partial charge in [0.25, 0.3) is 0 Å². The molecule has 0 aromatic carbocycles. The van der Waals surface area contributed by atoms with Crippen molar-refractivity contribution in [2.75, 3.05) is 0 Å². The van der Waals surface area contributed by atoms with Crippen molar-refractivity contribution in [1.29, 1.82) is 0 Å². The van der Waals surface area contributed by atoms with E-state index in [9.17, 15) is 9.90 Å². The van der Waals surface area contributed by atoms with Crippen LogP contribution in [-0.2, 0) is 23.7 Å². The first-order valence-corrected chi connectivity index (χ1v) is 4.88. The second-order valence-electron chi connectivity index (χ2n) is 4.42. The van der Waals surface area contributed by atoms with Crippen LogP contribution < -0.4 is 0 Å². The van der Waals surface area contributed by atoms with Crippen LogP contribution in [0.25, 0.3) is 0 Å².